The number of nitrogens with zero attached hydrogens (tertiary/aromatic N) is 2. The standard InChI is InChI=1S/C19H28N2O4S/c22-19(23)21(16-8-4-1-2-5-9-16)17-10-12-18(13-11-17)26(24,25)20-14-6-3-7-15-20/h10-13,16H,1-9,14-15H2,(H,22,23)/p-1. The minimum Gasteiger partial charge on any atom is -0.530 e. The van der Waals surface area contributed by atoms with Crippen LogP contribution >= 0.6 is 0 Å². The first-order valence-corrected chi connectivity index (χ1v) is 11.0. The zero-order valence-corrected chi connectivity index (χ0v) is 15.9. The highest BCUT2D eigenvalue weighted by atomic mass is 32.2. The van der Waals surface area contributed by atoms with Crippen molar-refractivity contribution in [3.05, 3.63) is 24.3 Å². The Morgan fingerprint density at radius 2 is 1.46 bits per heavy atom. The molecule has 1 amide bonds. The van der Waals surface area contributed by atoms with Crippen LogP contribution in [0, 0.1) is 0 Å². The SMILES string of the molecule is O=C([O-])N(c1ccc(S(=O)(=O)N2CCCCC2)cc1)C1CCCCCC1. The Morgan fingerprint density at radius 1 is 0.923 bits per heavy atom. The van der Waals surface area contributed by atoms with E-state index in [9.17, 15) is 18.3 Å². The molecule has 0 unspecified atom stereocenters. The minimum absolute atomic E-state index is 0.0907. The zero-order chi connectivity index (χ0) is 18.6. The smallest absolute Gasteiger partial charge is 0.243 e. The molecule has 6 nitrogen and oxygen atoms in total. The van der Waals surface area contributed by atoms with Crippen molar-refractivity contribution in [1.29, 1.82) is 0 Å². The predicted octanol–water partition coefficient (Wildman–Crippen LogP) is 2.73. The molecular weight excluding hydrogens is 352 g/mol. The van der Waals surface area contributed by atoms with Crippen LogP contribution in [0.25, 0.3) is 0 Å². The van der Waals surface area contributed by atoms with Crippen LogP contribution in [0.3, 0.4) is 0 Å². The second-order valence-corrected chi connectivity index (χ2v) is 9.18. The van der Waals surface area contributed by atoms with E-state index in [4.69, 9.17) is 0 Å². The van der Waals surface area contributed by atoms with Crippen molar-refractivity contribution in [2.45, 2.75) is 68.7 Å². The van der Waals surface area contributed by atoms with Gasteiger partial charge in [0.25, 0.3) is 0 Å². The third-order valence-corrected chi connectivity index (χ3v) is 7.37. The maximum absolute atomic E-state index is 12.7. The van der Waals surface area contributed by atoms with Gasteiger partial charge < -0.3 is 14.8 Å². The maximum Gasteiger partial charge on any atom is 0.243 e. The molecular formula is C19H27N2O4S-. The molecule has 26 heavy (non-hydrogen) atoms. The lowest BCUT2D eigenvalue weighted by Gasteiger charge is -2.33. The van der Waals surface area contributed by atoms with Gasteiger partial charge in [-0.2, -0.15) is 4.31 Å². The fraction of sp³-hybridized carbons (Fsp3) is 0.632. The van der Waals surface area contributed by atoms with E-state index in [0.717, 1.165) is 57.8 Å². The number of piperidine rings is 1. The average molecular weight is 380 g/mol. The van der Waals surface area contributed by atoms with E-state index in [0.29, 0.717) is 18.8 Å². The van der Waals surface area contributed by atoms with Gasteiger partial charge in [-0.1, -0.05) is 32.1 Å². The second-order valence-electron chi connectivity index (χ2n) is 7.24. The molecule has 3 rings (SSSR count). The van der Waals surface area contributed by atoms with Gasteiger partial charge in [0, 0.05) is 24.8 Å². The molecule has 144 valence electrons. The van der Waals surface area contributed by atoms with Crippen LogP contribution < -0.4 is 10.0 Å². The number of anilines is 1. The maximum atomic E-state index is 12.7. The number of carboxylic acid groups (broad SMARTS) is 1. The highest BCUT2D eigenvalue weighted by molar-refractivity contribution is 7.89. The summed E-state index contributed by atoms with van der Waals surface area (Å²) in [6.07, 6.45) is 7.54. The van der Waals surface area contributed by atoms with Crippen LogP contribution in [-0.4, -0.2) is 37.9 Å². The molecule has 1 aromatic carbocycles. The molecule has 0 bridgehead atoms. The van der Waals surface area contributed by atoms with Crippen LogP contribution in [0.2, 0.25) is 0 Å². The van der Waals surface area contributed by atoms with E-state index >= 15 is 0 Å². The Kier molecular flexibility index (Phi) is 6.19. The summed E-state index contributed by atoms with van der Waals surface area (Å²) < 4.78 is 27.0. The first kappa shape index (κ1) is 19.2. The molecule has 1 heterocycles. The third kappa shape index (κ3) is 4.20. The largest absolute Gasteiger partial charge is 0.530 e. The highest BCUT2D eigenvalue weighted by Crippen LogP contribution is 2.28. The van der Waals surface area contributed by atoms with Crippen molar-refractivity contribution < 1.29 is 18.3 Å². The second kappa shape index (κ2) is 8.39. The van der Waals surface area contributed by atoms with Crippen LogP contribution in [-0.2, 0) is 10.0 Å². The van der Waals surface area contributed by atoms with E-state index in [1.165, 1.54) is 21.3 Å². The highest BCUT2D eigenvalue weighted by Gasteiger charge is 2.27. The molecule has 1 aliphatic carbocycles. The molecule has 0 aromatic heterocycles. The molecule has 0 spiro atoms. The number of sulfonamides is 1. The number of carbonyl (C=O) groups excluding carboxylic acids is 1. The number of rotatable bonds is 4. The molecule has 2 fully saturated rings. The van der Waals surface area contributed by atoms with E-state index < -0.39 is 16.1 Å². The Bertz CT molecular complexity index is 704. The van der Waals surface area contributed by atoms with Gasteiger partial charge in [-0.3, -0.25) is 0 Å². The molecule has 0 radical (unpaired) electrons. The summed E-state index contributed by atoms with van der Waals surface area (Å²) in [5, 5.41) is 11.7. The van der Waals surface area contributed by atoms with Crippen molar-refractivity contribution in [3.8, 4) is 0 Å². The third-order valence-electron chi connectivity index (χ3n) is 5.45. The van der Waals surface area contributed by atoms with E-state index in [1.807, 2.05) is 0 Å². The molecule has 1 aliphatic heterocycles. The summed E-state index contributed by atoms with van der Waals surface area (Å²) in [5.74, 6) is 0. The van der Waals surface area contributed by atoms with Crippen LogP contribution in [0.4, 0.5) is 10.5 Å². The van der Waals surface area contributed by atoms with Gasteiger partial charge in [-0.15, -0.1) is 0 Å². The molecule has 0 atom stereocenters. The van der Waals surface area contributed by atoms with Gasteiger partial charge >= 0.3 is 0 Å². The van der Waals surface area contributed by atoms with Gasteiger partial charge in [0.1, 0.15) is 6.09 Å². The van der Waals surface area contributed by atoms with E-state index in [-0.39, 0.29) is 10.9 Å². The molecule has 1 saturated heterocycles. The zero-order valence-electron chi connectivity index (χ0n) is 15.1. The molecule has 0 N–H and O–H groups in total. The summed E-state index contributed by atoms with van der Waals surface area (Å²) in [5.41, 5.74) is 0.495. The summed E-state index contributed by atoms with van der Waals surface area (Å²) >= 11 is 0. The molecule has 1 saturated carbocycles. The summed E-state index contributed by atoms with van der Waals surface area (Å²) in [4.78, 5) is 13.3. The van der Waals surface area contributed by atoms with Gasteiger partial charge in [0.2, 0.25) is 10.0 Å². The Morgan fingerprint density at radius 3 is 2.00 bits per heavy atom. The van der Waals surface area contributed by atoms with Crippen molar-refractivity contribution in [2.24, 2.45) is 0 Å². The van der Waals surface area contributed by atoms with Gasteiger partial charge in [0.15, 0.2) is 0 Å². The normalized spacial score (nSPS) is 20.5. The minimum atomic E-state index is -3.50. The van der Waals surface area contributed by atoms with E-state index in [2.05, 4.69) is 0 Å². The van der Waals surface area contributed by atoms with Crippen molar-refractivity contribution in [2.75, 3.05) is 18.0 Å². The van der Waals surface area contributed by atoms with Gasteiger partial charge in [-0.05, 0) is 49.9 Å². The Labute approximate surface area is 155 Å². The van der Waals surface area contributed by atoms with Crippen molar-refractivity contribution in [3.63, 3.8) is 0 Å². The molecule has 7 heteroatoms. The summed E-state index contributed by atoms with van der Waals surface area (Å²) in [7, 11) is -3.50. The van der Waals surface area contributed by atoms with E-state index in [1.54, 1.807) is 12.1 Å². The fourth-order valence-corrected chi connectivity index (χ4v) is 5.53. The fourth-order valence-electron chi connectivity index (χ4n) is 4.01. The number of hydrogen-bond acceptors (Lipinski definition) is 4. The summed E-state index contributed by atoms with van der Waals surface area (Å²) in [6, 6.07) is 6.14. The van der Waals surface area contributed by atoms with Crippen LogP contribution in [0.5, 0.6) is 0 Å². The summed E-state index contributed by atoms with van der Waals surface area (Å²) in [6.45, 7) is 1.11. The number of hydrogen-bond donors (Lipinski definition) is 0. The lowest BCUT2D eigenvalue weighted by atomic mass is 10.1. The lowest BCUT2D eigenvalue weighted by Crippen LogP contribution is -2.47. The Balaban J connectivity index is 1.81. The number of benzene rings is 1. The van der Waals surface area contributed by atoms with Crippen molar-refractivity contribution >= 4 is 21.8 Å². The van der Waals surface area contributed by atoms with Gasteiger partial charge in [0.05, 0.1) is 4.90 Å². The quantitative estimate of drug-likeness (QED) is 0.753. The van der Waals surface area contributed by atoms with Crippen LogP contribution in [0.15, 0.2) is 29.2 Å². The number of amides is 1. The molecule has 1 aromatic rings. The van der Waals surface area contributed by atoms with Gasteiger partial charge in [-0.25, -0.2) is 8.42 Å². The lowest BCUT2D eigenvalue weighted by molar-refractivity contribution is -0.247. The first-order valence-electron chi connectivity index (χ1n) is 9.60. The molecule has 2 aliphatic rings. The van der Waals surface area contributed by atoms with Crippen LogP contribution in [0.1, 0.15) is 57.8 Å². The Hall–Kier alpha value is -1.60. The first-order chi connectivity index (χ1) is 12.5. The number of carbonyl (C=O) groups is 1. The van der Waals surface area contributed by atoms with Crippen molar-refractivity contribution in [1.82, 2.24) is 4.31 Å². The topological polar surface area (TPSA) is 80.7 Å². The monoisotopic (exact) mass is 379 g/mol. The predicted molar refractivity (Wildman–Crippen MR) is 98.4 cm³/mol. The average Bonchev–Trinajstić information content (AvgIpc) is 2.92.